The molecule has 2 atom stereocenters. The topological polar surface area (TPSA) is 46.2 Å². The minimum absolute atomic E-state index is 0.0436. The van der Waals surface area contributed by atoms with Gasteiger partial charge in [0.05, 0.1) is 5.41 Å². The average Bonchev–Trinajstić information content (AvgIpc) is 2.47. The van der Waals surface area contributed by atoms with Gasteiger partial charge in [0.2, 0.25) is 5.91 Å². The molecular weight excluding hydrogens is 190 g/mol. The lowest BCUT2D eigenvalue weighted by Gasteiger charge is -2.38. The van der Waals surface area contributed by atoms with Crippen LogP contribution in [0.2, 0.25) is 0 Å². The van der Waals surface area contributed by atoms with Gasteiger partial charge in [-0.3, -0.25) is 9.59 Å². The summed E-state index contributed by atoms with van der Waals surface area (Å²) in [7, 11) is 1.66. The van der Waals surface area contributed by atoms with Gasteiger partial charge in [0.1, 0.15) is 5.78 Å². The van der Waals surface area contributed by atoms with Crippen molar-refractivity contribution in [1.82, 2.24) is 5.32 Å². The van der Waals surface area contributed by atoms with Gasteiger partial charge in [-0.05, 0) is 18.3 Å². The normalized spacial score (nSPS) is 42.0. The summed E-state index contributed by atoms with van der Waals surface area (Å²) in [6.07, 6.45) is 2.13. The van der Waals surface area contributed by atoms with Crippen LogP contribution in [-0.2, 0) is 9.59 Å². The predicted molar refractivity (Wildman–Crippen MR) is 57.2 cm³/mol. The van der Waals surface area contributed by atoms with Crippen molar-refractivity contribution < 1.29 is 9.59 Å². The number of hydrogen-bond donors (Lipinski definition) is 1. The van der Waals surface area contributed by atoms with E-state index in [1.165, 1.54) is 0 Å². The van der Waals surface area contributed by atoms with Gasteiger partial charge in [-0.2, -0.15) is 0 Å². The maximum absolute atomic E-state index is 12.0. The summed E-state index contributed by atoms with van der Waals surface area (Å²) < 4.78 is 0. The molecule has 0 aromatic carbocycles. The first-order valence-corrected chi connectivity index (χ1v) is 5.57. The van der Waals surface area contributed by atoms with Crippen LogP contribution in [0.4, 0.5) is 0 Å². The predicted octanol–water partition coefficient (Wildman–Crippen LogP) is 1.52. The Balaban J connectivity index is 2.54. The molecule has 2 saturated carbocycles. The first-order valence-electron chi connectivity index (χ1n) is 5.57. The molecule has 2 aliphatic carbocycles. The molecule has 2 bridgehead atoms. The zero-order valence-corrected chi connectivity index (χ0v) is 9.94. The molecular formula is C12H19NO2. The second-order valence-corrected chi connectivity index (χ2v) is 5.72. The van der Waals surface area contributed by atoms with E-state index in [0.717, 1.165) is 12.8 Å². The number of ketones is 1. The van der Waals surface area contributed by atoms with E-state index in [1.54, 1.807) is 7.05 Å². The molecule has 15 heavy (non-hydrogen) atoms. The fraction of sp³-hybridized carbons (Fsp3) is 0.833. The standard InChI is InChI=1S/C12H19NO2/c1-10(2)11(3)5-6-12(10,7-8(11)14)9(15)13-4/h5-7H2,1-4H3,(H,13,15). The number of Topliss-reactive ketones (excluding diaryl/α,β-unsaturated/α-hetero) is 1. The largest absolute Gasteiger partial charge is 0.359 e. The smallest absolute Gasteiger partial charge is 0.226 e. The Morgan fingerprint density at radius 3 is 2.20 bits per heavy atom. The number of carbonyl (C=O) groups is 2. The van der Waals surface area contributed by atoms with Crippen molar-refractivity contribution in [3.8, 4) is 0 Å². The number of carbonyl (C=O) groups excluding carboxylic acids is 2. The zero-order chi connectivity index (χ0) is 11.5. The monoisotopic (exact) mass is 209 g/mol. The number of hydrogen-bond acceptors (Lipinski definition) is 2. The molecule has 2 fully saturated rings. The first kappa shape index (κ1) is 10.7. The van der Waals surface area contributed by atoms with E-state index >= 15 is 0 Å². The zero-order valence-electron chi connectivity index (χ0n) is 9.94. The van der Waals surface area contributed by atoms with Crippen LogP contribution in [0, 0.1) is 16.2 Å². The minimum Gasteiger partial charge on any atom is -0.359 e. The molecule has 0 spiro atoms. The van der Waals surface area contributed by atoms with Gasteiger partial charge in [-0.25, -0.2) is 0 Å². The van der Waals surface area contributed by atoms with Crippen LogP contribution in [0.5, 0.6) is 0 Å². The summed E-state index contributed by atoms with van der Waals surface area (Å²) in [5, 5.41) is 2.73. The Bertz CT molecular complexity index is 348. The highest BCUT2D eigenvalue weighted by Crippen LogP contribution is 2.70. The third-order valence-corrected chi connectivity index (χ3v) is 5.37. The number of amides is 1. The molecule has 0 heterocycles. The summed E-state index contributed by atoms with van der Waals surface area (Å²) in [6, 6.07) is 0. The van der Waals surface area contributed by atoms with Crippen LogP contribution < -0.4 is 5.32 Å². The van der Waals surface area contributed by atoms with Crippen LogP contribution in [0.1, 0.15) is 40.0 Å². The Morgan fingerprint density at radius 2 is 1.87 bits per heavy atom. The van der Waals surface area contributed by atoms with E-state index in [9.17, 15) is 9.59 Å². The second-order valence-electron chi connectivity index (χ2n) is 5.72. The van der Waals surface area contributed by atoms with E-state index in [-0.39, 0.29) is 22.5 Å². The van der Waals surface area contributed by atoms with Gasteiger partial charge in [-0.15, -0.1) is 0 Å². The van der Waals surface area contributed by atoms with E-state index in [0.29, 0.717) is 6.42 Å². The third kappa shape index (κ3) is 0.876. The molecule has 0 aliphatic heterocycles. The highest BCUT2D eigenvalue weighted by Gasteiger charge is 2.72. The Hall–Kier alpha value is -0.860. The summed E-state index contributed by atoms with van der Waals surface area (Å²) in [5.74, 6) is 0.310. The number of nitrogens with one attached hydrogen (secondary N) is 1. The minimum atomic E-state index is -0.451. The van der Waals surface area contributed by atoms with Gasteiger partial charge in [-0.1, -0.05) is 20.8 Å². The van der Waals surface area contributed by atoms with Gasteiger partial charge in [0.25, 0.3) is 0 Å². The quantitative estimate of drug-likeness (QED) is 0.711. The van der Waals surface area contributed by atoms with Crippen molar-refractivity contribution >= 4 is 11.7 Å². The molecule has 0 radical (unpaired) electrons. The molecule has 1 amide bonds. The van der Waals surface area contributed by atoms with Crippen molar-refractivity contribution in [2.75, 3.05) is 7.05 Å². The highest BCUT2D eigenvalue weighted by atomic mass is 16.2. The van der Waals surface area contributed by atoms with Crippen molar-refractivity contribution in [2.24, 2.45) is 16.2 Å². The fourth-order valence-electron chi connectivity index (χ4n) is 3.60. The molecule has 3 heteroatoms. The van der Waals surface area contributed by atoms with Crippen LogP contribution in [0.25, 0.3) is 0 Å². The fourth-order valence-corrected chi connectivity index (χ4v) is 3.60. The van der Waals surface area contributed by atoms with Crippen LogP contribution in [0.15, 0.2) is 0 Å². The van der Waals surface area contributed by atoms with Gasteiger partial charge in [0, 0.05) is 18.9 Å². The Morgan fingerprint density at radius 1 is 1.27 bits per heavy atom. The van der Waals surface area contributed by atoms with Crippen molar-refractivity contribution in [1.29, 1.82) is 0 Å². The lowest BCUT2D eigenvalue weighted by atomic mass is 9.64. The third-order valence-electron chi connectivity index (χ3n) is 5.37. The van der Waals surface area contributed by atoms with E-state index in [4.69, 9.17) is 0 Å². The molecule has 2 rings (SSSR count). The highest BCUT2D eigenvalue weighted by molar-refractivity contribution is 5.99. The lowest BCUT2D eigenvalue weighted by Crippen LogP contribution is -2.45. The summed E-state index contributed by atoms with van der Waals surface area (Å²) in [6.45, 7) is 6.16. The van der Waals surface area contributed by atoms with E-state index in [2.05, 4.69) is 19.2 Å². The number of rotatable bonds is 1. The van der Waals surface area contributed by atoms with Crippen molar-refractivity contribution in [3.05, 3.63) is 0 Å². The first-order chi connectivity index (χ1) is 6.82. The summed E-state index contributed by atoms with van der Waals surface area (Å²) >= 11 is 0. The van der Waals surface area contributed by atoms with Crippen molar-refractivity contribution in [2.45, 2.75) is 40.0 Å². The molecule has 2 aliphatic rings. The van der Waals surface area contributed by atoms with Crippen molar-refractivity contribution in [3.63, 3.8) is 0 Å². The maximum atomic E-state index is 12.0. The van der Waals surface area contributed by atoms with Gasteiger partial charge < -0.3 is 5.32 Å². The van der Waals surface area contributed by atoms with E-state index < -0.39 is 5.41 Å². The van der Waals surface area contributed by atoms with E-state index in [1.807, 2.05) is 6.92 Å². The maximum Gasteiger partial charge on any atom is 0.226 e. The molecule has 0 aromatic rings. The second kappa shape index (κ2) is 2.63. The Kier molecular flexibility index (Phi) is 1.87. The lowest BCUT2D eigenvalue weighted by molar-refractivity contribution is -0.136. The van der Waals surface area contributed by atoms with Crippen LogP contribution >= 0.6 is 0 Å². The summed E-state index contributed by atoms with van der Waals surface area (Å²) in [5.41, 5.74) is -0.954. The molecule has 2 unspecified atom stereocenters. The van der Waals surface area contributed by atoms with Crippen LogP contribution in [-0.4, -0.2) is 18.7 Å². The molecule has 84 valence electrons. The molecule has 3 nitrogen and oxygen atoms in total. The number of fused-ring (bicyclic) bond motifs is 2. The van der Waals surface area contributed by atoms with Gasteiger partial charge in [0.15, 0.2) is 0 Å². The van der Waals surface area contributed by atoms with Gasteiger partial charge >= 0.3 is 0 Å². The molecule has 0 aromatic heterocycles. The molecule has 0 saturated heterocycles. The summed E-state index contributed by atoms with van der Waals surface area (Å²) in [4.78, 5) is 24.1. The average molecular weight is 209 g/mol. The molecule has 1 N–H and O–H groups in total. The SMILES string of the molecule is CNC(=O)C12CCC(C)(C(=O)C1)C2(C)C. The van der Waals surface area contributed by atoms with Crippen LogP contribution in [0.3, 0.4) is 0 Å². The Labute approximate surface area is 90.6 Å².